The number of anilines is 3. The highest BCUT2D eigenvalue weighted by Crippen LogP contribution is 2.37. The molecule has 1 aromatic carbocycles. The number of hydrogen-bond donors (Lipinski definition) is 3. The molecule has 1 saturated carbocycles. The monoisotopic (exact) mass is 602 g/mol. The van der Waals surface area contributed by atoms with E-state index >= 15 is 0 Å². The number of pyridine rings is 1. The molecule has 3 N–H and O–H groups in total. The summed E-state index contributed by atoms with van der Waals surface area (Å²) in [6.45, 7) is 3.25. The molecule has 0 radical (unpaired) electrons. The van der Waals surface area contributed by atoms with Crippen LogP contribution in [0.5, 0.6) is 5.75 Å². The number of rotatable bonds is 8. The fraction of sp³-hybridized carbons (Fsp3) is 0.552. The predicted molar refractivity (Wildman–Crippen MR) is 162 cm³/mol. The number of methoxy groups -OCH3 is 1. The van der Waals surface area contributed by atoms with E-state index in [1.807, 2.05) is 6.07 Å². The molecular formula is C29H39ClN6O4S. The van der Waals surface area contributed by atoms with Crippen molar-refractivity contribution >= 4 is 49.9 Å². The Morgan fingerprint density at radius 1 is 1.02 bits per heavy atom. The second-order valence-corrected chi connectivity index (χ2v) is 13.4. The van der Waals surface area contributed by atoms with Gasteiger partial charge in [-0.2, -0.15) is 4.31 Å². The first-order chi connectivity index (χ1) is 19.9. The minimum absolute atomic E-state index is 0.153. The summed E-state index contributed by atoms with van der Waals surface area (Å²) in [6.07, 6.45) is 10.3. The van der Waals surface area contributed by atoms with Crippen LogP contribution in [0.25, 0.3) is 11.0 Å². The van der Waals surface area contributed by atoms with Crippen LogP contribution in [0.3, 0.4) is 0 Å². The van der Waals surface area contributed by atoms with Crippen LogP contribution < -0.4 is 15.4 Å². The van der Waals surface area contributed by atoms with Gasteiger partial charge in [0.05, 0.1) is 53.2 Å². The molecule has 0 spiro atoms. The fourth-order valence-electron chi connectivity index (χ4n) is 6.36. The maximum atomic E-state index is 13.9. The van der Waals surface area contributed by atoms with Crippen molar-refractivity contribution in [1.82, 2.24) is 19.2 Å². The van der Waals surface area contributed by atoms with Crippen molar-refractivity contribution in [2.24, 2.45) is 0 Å². The van der Waals surface area contributed by atoms with Gasteiger partial charge in [0, 0.05) is 44.0 Å². The van der Waals surface area contributed by atoms with Crippen LogP contribution in [0, 0.1) is 0 Å². The Hall–Kier alpha value is -2.57. The Bertz CT molecular complexity index is 1470. The molecule has 41 heavy (non-hydrogen) atoms. The molecule has 3 fully saturated rings. The lowest BCUT2D eigenvalue weighted by Gasteiger charge is -2.43. The van der Waals surface area contributed by atoms with E-state index in [1.54, 1.807) is 35.8 Å². The summed E-state index contributed by atoms with van der Waals surface area (Å²) in [4.78, 5) is 10.4. The first-order valence-corrected chi connectivity index (χ1v) is 16.5. The molecule has 3 aliphatic rings. The first-order valence-electron chi connectivity index (χ1n) is 14.7. The second-order valence-electron chi connectivity index (χ2n) is 11.1. The number of nitrogens with one attached hydrogen (secondary N) is 3. The number of piperidine rings is 1. The molecule has 2 saturated heterocycles. The summed E-state index contributed by atoms with van der Waals surface area (Å²) in [5, 5.41) is 8.53. The molecule has 3 aromatic rings. The van der Waals surface area contributed by atoms with Gasteiger partial charge < -0.3 is 25.1 Å². The maximum Gasteiger partial charge on any atom is 0.244 e. The SMILES string of the molecule is COc1cc(S(=O)(=O)N2CCCCC2N2CCOCC2)ccc1Nc1cc(NC2CCCCC2)c2c(Cl)c[nH]c2n1. The van der Waals surface area contributed by atoms with E-state index in [-0.39, 0.29) is 11.1 Å². The Kier molecular flexibility index (Phi) is 8.60. The third kappa shape index (κ3) is 6.01. The zero-order valence-corrected chi connectivity index (χ0v) is 25.1. The van der Waals surface area contributed by atoms with Crippen LogP contribution in [0.15, 0.2) is 35.4 Å². The standard InChI is InChI=1S/C29H39ClN6O4S/c1-39-25-17-21(41(37,38)36-12-6-5-9-27(36)35-13-15-40-16-14-35)10-11-23(25)33-26-18-24(32-20-7-3-2-4-8-20)28-22(30)19-31-29(28)34-26/h10-11,17-20,27H,2-9,12-16H2,1H3,(H3,31,32,33,34). The van der Waals surface area contributed by atoms with Crippen molar-refractivity contribution in [2.45, 2.75) is 68.5 Å². The van der Waals surface area contributed by atoms with Crippen molar-refractivity contribution < 1.29 is 17.9 Å². The van der Waals surface area contributed by atoms with Gasteiger partial charge in [-0.3, -0.25) is 4.90 Å². The van der Waals surface area contributed by atoms with Crippen molar-refractivity contribution in [1.29, 1.82) is 0 Å². The highest BCUT2D eigenvalue weighted by Gasteiger charge is 2.37. The molecule has 1 atom stereocenters. The minimum Gasteiger partial charge on any atom is -0.495 e. The quantitative estimate of drug-likeness (QED) is 0.308. The number of aromatic nitrogens is 2. The molecule has 1 aliphatic carbocycles. The van der Waals surface area contributed by atoms with Gasteiger partial charge in [0.2, 0.25) is 10.0 Å². The summed E-state index contributed by atoms with van der Waals surface area (Å²) in [5.41, 5.74) is 2.23. The van der Waals surface area contributed by atoms with E-state index in [0.29, 0.717) is 53.7 Å². The van der Waals surface area contributed by atoms with Crippen molar-refractivity contribution in [3.05, 3.63) is 35.5 Å². The highest BCUT2D eigenvalue weighted by atomic mass is 35.5. The summed E-state index contributed by atoms with van der Waals surface area (Å²) in [5.74, 6) is 1.03. The molecule has 2 aromatic heterocycles. The van der Waals surface area contributed by atoms with Crippen LogP contribution in [0.4, 0.5) is 17.2 Å². The summed E-state index contributed by atoms with van der Waals surface area (Å²) in [6, 6.07) is 7.36. The summed E-state index contributed by atoms with van der Waals surface area (Å²) >= 11 is 6.52. The summed E-state index contributed by atoms with van der Waals surface area (Å²) < 4.78 is 40.7. The zero-order chi connectivity index (χ0) is 28.4. The fourth-order valence-corrected chi connectivity index (χ4v) is 8.30. The number of benzene rings is 1. The lowest BCUT2D eigenvalue weighted by atomic mass is 9.95. The van der Waals surface area contributed by atoms with E-state index in [1.165, 1.54) is 19.3 Å². The first kappa shape index (κ1) is 28.5. The molecule has 2 aliphatic heterocycles. The lowest BCUT2D eigenvalue weighted by molar-refractivity contribution is -0.0215. The number of fused-ring (bicyclic) bond motifs is 1. The van der Waals surface area contributed by atoms with E-state index in [0.717, 1.165) is 56.3 Å². The highest BCUT2D eigenvalue weighted by molar-refractivity contribution is 7.89. The number of H-pyrrole nitrogens is 1. The Labute approximate surface area is 246 Å². The smallest absolute Gasteiger partial charge is 0.244 e. The number of sulfonamides is 1. The van der Waals surface area contributed by atoms with Gasteiger partial charge in [-0.05, 0) is 44.2 Å². The van der Waals surface area contributed by atoms with Crippen molar-refractivity contribution in [3.8, 4) is 5.75 Å². The van der Waals surface area contributed by atoms with Crippen molar-refractivity contribution in [3.63, 3.8) is 0 Å². The van der Waals surface area contributed by atoms with Gasteiger partial charge >= 0.3 is 0 Å². The van der Waals surface area contributed by atoms with E-state index in [9.17, 15) is 8.42 Å². The Balaban J connectivity index is 1.27. The van der Waals surface area contributed by atoms with Crippen LogP contribution in [0.1, 0.15) is 51.4 Å². The third-order valence-corrected chi connectivity index (χ3v) is 10.7. The van der Waals surface area contributed by atoms with Gasteiger partial charge in [-0.25, -0.2) is 13.4 Å². The molecule has 12 heteroatoms. The molecule has 1 unspecified atom stereocenters. The van der Waals surface area contributed by atoms with Crippen LogP contribution in [-0.2, 0) is 14.8 Å². The Morgan fingerprint density at radius 3 is 2.59 bits per heavy atom. The van der Waals surface area contributed by atoms with Gasteiger partial charge in [0.1, 0.15) is 17.2 Å². The number of nitrogens with zero attached hydrogens (tertiary/aromatic N) is 3. The molecule has 0 bridgehead atoms. The largest absolute Gasteiger partial charge is 0.495 e. The minimum atomic E-state index is -3.73. The second kappa shape index (κ2) is 12.3. The number of hydrogen-bond acceptors (Lipinski definition) is 8. The van der Waals surface area contributed by atoms with Gasteiger partial charge in [0.15, 0.2) is 0 Å². The predicted octanol–water partition coefficient (Wildman–Crippen LogP) is 5.55. The number of ether oxygens (including phenoxy) is 2. The third-order valence-electron chi connectivity index (χ3n) is 8.49. The van der Waals surface area contributed by atoms with Crippen LogP contribution in [0.2, 0.25) is 5.02 Å². The topological polar surface area (TPSA) is 112 Å². The van der Waals surface area contributed by atoms with E-state index in [4.69, 9.17) is 26.1 Å². The van der Waals surface area contributed by atoms with Crippen molar-refractivity contribution in [2.75, 3.05) is 50.6 Å². The molecule has 4 heterocycles. The van der Waals surface area contributed by atoms with Gasteiger partial charge in [-0.15, -0.1) is 0 Å². The zero-order valence-electron chi connectivity index (χ0n) is 23.5. The molecule has 222 valence electrons. The van der Waals surface area contributed by atoms with E-state index < -0.39 is 10.0 Å². The number of morpholine rings is 1. The molecule has 10 nitrogen and oxygen atoms in total. The van der Waals surface area contributed by atoms with Gasteiger partial charge in [0.25, 0.3) is 0 Å². The summed E-state index contributed by atoms with van der Waals surface area (Å²) in [7, 11) is -2.19. The Morgan fingerprint density at radius 2 is 1.80 bits per heavy atom. The molecule has 6 rings (SSSR count). The van der Waals surface area contributed by atoms with Gasteiger partial charge in [-0.1, -0.05) is 30.9 Å². The number of halogens is 1. The number of aromatic amines is 1. The van der Waals surface area contributed by atoms with Crippen LogP contribution in [-0.4, -0.2) is 79.8 Å². The van der Waals surface area contributed by atoms with Crippen LogP contribution >= 0.6 is 11.6 Å². The molecular weight excluding hydrogens is 564 g/mol. The average molecular weight is 603 g/mol. The molecule has 0 amide bonds. The maximum absolute atomic E-state index is 13.9. The normalized spacial score (nSPS) is 21.7. The lowest BCUT2D eigenvalue weighted by Crippen LogP contribution is -2.55. The van der Waals surface area contributed by atoms with E-state index in [2.05, 4.69) is 20.5 Å². The average Bonchev–Trinajstić information content (AvgIpc) is 3.38.